The number of aryl methyl sites for hydroxylation is 2. The van der Waals surface area contributed by atoms with E-state index in [-0.39, 0.29) is 0 Å². The average molecular weight is 314 g/mol. The van der Waals surface area contributed by atoms with E-state index in [0.29, 0.717) is 15.6 Å². The monoisotopic (exact) mass is 313 g/mol. The van der Waals surface area contributed by atoms with Crippen LogP contribution in [0, 0.1) is 36.5 Å². The molecule has 0 unspecified atom stereocenters. The quantitative estimate of drug-likeness (QED) is 0.778. The van der Waals surface area contributed by atoms with Gasteiger partial charge in [-0.25, -0.2) is 4.98 Å². The average Bonchev–Trinajstić information content (AvgIpc) is 2.45. The molecule has 3 nitrogen and oxygen atoms in total. The largest absolute Gasteiger partial charge is 0.245 e. The Morgan fingerprint density at radius 3 is 2.43 bits per heavy atom. The summed E-state index contributed by atoms with van der Waals surface area (Å²) >= 11 is 7.15. The van der Waals surface area contributed by atoms with E-state index in [9.17, 15) is 10.5 Å². The van der Waals surface area contributed by atoms with Crippen LogP contribution in [0.15, 0.2) is 35.4 Å². The van der Waals surface area contributed by atoms with Gasteiger partial charge >= 0.3 is 0 Å². The molecule has 0 N–H and O–H groups in total. The van der Waals surface area contributed by atoms with Crippen molar-refractivity contribution in [3.05, 3.63) is 57.7 Å². The molecular formula is C16H12ClN3S. The van der Waals surface area contributed by atoms with Crippen molar-refractivity contribution in [1.29, 1.82) is 10.5 Å². The van der Waals surface area contributed by atoms with E-state index in [0.717, 1.165) is 16.8 Å². The first-order chi connectivity index (χ1) is 10.0. The summed E-state index contributed by atoms with van der Waals surface area (Å²) < 4.78 is 0. The van der Waals surface area contributed by atoms with Crippen LogP contribution < -0.4 is 0 Å². The van der Waals surface area contributed by atoms with Gasteiger partial charge in [0.2, 0.25) is 0 Å². The molecule has 2 rings (SSSR count). The molecule has 0 aliphatic rings. The zero-order chi connectivity index (χ0) is 15.4. The summed E-state index contributed by atoms with van der Waals surface area (Å²) in [6.07, 6.45) is 0. The number of hydrogen-bond acceptors (Lipinski definition) is 4. The minimum atomic E-state index is -0.428. The Balaban J connectivity index is 2.38. The number of benzene rings is 1. The van der Waals surface area contributed by atoms with Crippen molar-refractivity contribution in [1.82, 2.24) is 4.98 Å². The number of rotatable bonds is 3. The van der Waals surface area contributed by atoms with E-state index in [2.05, 4.69) is 17.1 Å². The van der Waals surface area contributed by atoms with Crippen molar-refractivity contribution in [3.63, 3.8) is 0 Å². The van der Waals surface area contributed by atoms with Gasteiger partial charge in [-0.3, -0.25) is 0 Å². The molecule has 5 heteroatoms. The molecule has 21 heavy (non-hydrogen) atoms. The fourth-order valence-corrected chi connectivity index (χ4v) is 3.16. The Kier molecular flexibility index (Phi) is 4.85. The molecule has 1 heterocycles. The third-order valence-electron chi connectivity index (χ3n) is 2.94. The van der Waals surface area contributed by atoms with Crippen molar-refractivity contribution in [2.24, 2.45) is 0 Å². The first-order valence-electron chi connectivity index (χ1n) is 6.25. The van der Waals surface area contributed by atoms with Crippen LogP contribution in [-0.2, 0) is 0 Å². The van der Waals surface area contributed by atoms with Gasteiger partial charge in [0.25, 0.3) is 0 Å². The molecule has 0 fully saturated rings. The molecule has 0 spiro atoms. The van der Waals surface area contributed by atoms with E-state index in [1.807, 2.05) is 32.0 Å². The summed E-state index contributed by atoms with van der Waals surface area (Å²) in [4.78, 5) is 4.40. The van der Waals surface area contributed by atoms with Crippen molar-refractivity contribution in [2.75, 3.05) is 0 Å². The van der Waals surface area contributed by atoms with E-state index >= 15 is 0 Å². The summed E-state index contributed by atoms with van der Waals surface area (Å²) in [5.74, 6) is 0. The zero-order valence-corrected chi connectivity index (χ0v) is 13.2. The Bertz CT molecular complexity index is 742. The van der Waals surface area contributed by atoms with Crippen LogP contribution in [0.25, 0.3) is 0 Å². The Hall–Kier alpha value is -2.01. The first-order valence-corrected chi connectivity index (χ1v) is 7.51. The lowest BCUT2D eigenvalue weighted by atomic mass is 10.1. The number of halogens is 1. The highest BCUT2D eigenvalue weighted by atomic mass is 35.5. The molecular weight excluding hydrogens is 302 g/mol. The second-order valence-corrected chi connectivity index (χ2v) is 6.08. The molecule has 1 aromatic carbocycles. The van der Waals surface area contributed by atoms with Crippen LogP contribution in [-0.4, -0.2) is 4.98 Å². The van der Waals surface area contributed by atoms with Gasteiger partial charge in [0.15, 0.2) is 0 Å². The van der Waals surface area contributed by atoms with Gasteiger partial charge in [-0.2, -0.15) is 10.5 Å². The number of nitriles is 2. The molecule has 0 amide bonds. The lowest BCUT2D eigenvalue weighted by Gasteiger charge is -2.11. The molecule has 0 bridgehead atoms. The number of nitrogens with zero attached hydrogens (tertiary/aromatic N) is 3. The molecule has 0 radical (unpaired) electrons. The fourth-order valence-electron chi connectivity index (χ4n) is 1.94. The van der Waals surface area contributed by atoms with Crippen LogP contribution >= 0.6 is 23.4 Å². The molecule has 2 aromatic rings. The highest BCUT2D eigenvalue weighted by molar-refractivity contribution is 7.99. The lowest BCUT2D eigenvalue weighted by molar-refractivity contribution is 1.02. The second kappa shape index (κ2) is 6.63. The summed E-state index contributed by atoms with van der Waals surface area (Å²) in [6.45, 7) is 3.75. The summed E-state index contributed by atoms with van der Waals surface area (Å²) in [5.41, 5.74) is 3.08. The predicted molar refractivity (Wildman–Crippen MR) is 84.1 cm³/mol. The summed E-state index contributed by atoms with van der Waals surface area (Å²) in [7, 11) is 0. The maximum absolute atomic E-state index is 9.40. The molecule has 104 valence electrons. The van der Waals surface area contributed by atoms with Crippen LogP contribution in [0.4, 0.5) is 0 Å². The van der Waals surface area contributed by atoms with E-state index in [4.69, 9.17) is 11.6 Å². The van der Waals surface area contributed by atoms with Gasteiger partial charge in [0, 0.05) is 10.7 Å². The molecule has 1 atom stereocenters. The number of pyridine rings is 1. The van der Waals surface area contributed by atoms with Gasteiger partial charge in [-0.15, -0.1) is 0 Å². The van der Waals surface area contributed by atoms with Crippen LogP contribution in [0.2, 0.25) is 5.02 Å². The van der Waals surface area contributed by atoms with E-state index in [1.54, 1.807) is 12.1 Å². The Morgan fingerprint density at radius 1 is 1.19 bits per heavy atom. The standard InChI is InChI=1S/C16H12ClN3S/c1-10-7-11(2)20-16(14(10)8-18)21-15(9-19)12-3-5-13(17)6-4-12/h3-7,15H,1-2H3/t15-/m0/s1. The number of thioether (sulfide) groups is 1. The third-order valence-corrected chi connectivity index (χ3v) is 4.33. The summed E-state index contributed by atoms with van der Waals surface area (Å²) in [5, 5.41) is 19.5. The smallest absolute Gasteiger partial charge is 0.123 e. The van der Waals surface area contributed by atoms with E-state index in [1.165, 1.54) is 11.8 Å². The molecule has 0 aliphatic heterocycles. The van der Waals surface area contributed by atoms with Crippen molar-refractivity contribution >= 4 is 23.4 Å². The van der Waals surface area contributed by atoms with Crippen molar-refractivity contribution in [3.8, 4) is 12.1 Å². The van der Waals surface area contributed by atoms with Crippen LogP contribution in [0.3, 0.4) is 0 Å². The van der Waals surface area contributed by atoms with E-state index < -0.39 is 5.25 Å². The van der Waals surface area contributed by atoms with Crippen LogP contribution in [0.1, 0.15) is 27.6 Å². The molecule has 0 aliphatic carbocycles. The predicted octanol–water partition coefficient (Wildman–Crippen LogP) is 4.58. The lowest BCUT2D eigenvalue weighted by Crippen LogP contribution is -1.97. The minimum Gasteiger partial charge on any atom is -0.245 e. The van der Waals surface area contributed by atoms with Gasteiger partial charge in [0.1, 0.15) is 16.3 Å². The minimum absolute atomic E-state index is 0.428. The highest BCUT2D eigenvalue weighted by Gasteiger charge is 2.17. The SMILES string of the molecule is Cc1cc(C)c(C#N)c(S[C@@H](C#N)c2ccc(Cl)cc2)n1. The fraction of sp³-hybridized carbons (Fsp3) is 0.188. The highest BCUT2D eigenvalue weighted by Crippen LogP contribution is 2.36. The Labute approximate surface area is 133 Å². The first kappa shape index (κ1) is 15.4. The number of aromatic nitrogens is 1. The van der Waals surface area contributed by atoms with Gasteiger partial charge < -0.3 is 0 Å². The van der Waals surface area contributed by atoms with Gasteiger partial charge in [0.05, 0.1) is 11.6 Å². The van der Waals surface area contributed by atoms with Gasteiger partial charge in [-0.1, -0.05) is 35.5 Å². The zero-order valence-electron chi connectivity index (χ0n) is 11.6. The normalized spacial score (nSPS) is 11.5. The third kappa shape index (κ3) is 3.55. The van der Waals surface area contributed by atoms with Crippen molar-refractivity contribution in [2.45, 2.75) is 24.1 Å². The van der Waals surface area contributed by atoms with Gasteiger partial charge in [-0.05, 0) is 43.2 Å². The maximum atomic E-state index is 9.40. The summed E-state index contributed by atoms with van der Waals surface area (Å²) in [6, 6.07) is 13.4. The second-order valence-electron chi connectivity index (χ2n) is 4.55. The molecule has 0 saturated carbocycles. The molecule has 0 saturated heterocycles. The topological polar surface area (TPSA) is 60.5 Å². The van der Waals surface area contributed by atoms with Crippen LogP contribution in [0.5, 0.6) is 0 Å². The Morgan fingerprint density at radius 2 is 1.86 bits per heavy atom. The number of hydrogen-bond donors (Lipinski definition) is 0. The molecule has 1 aromatic heterocycles. The maximum Gasteiger partial charge on any atom is 0.123 e. The van der Waals surface area contributed by atoms with Crippen molar-refractivity contribution < 1.29 is 0 Å².